The van der Waals surface area contributed by atoms with Crippen LogP contribution in [-0.2, 0) is 4.79 Å². The van der Waals surface area contributed by atoms with Crippen molar-refractivity contribution in [3.8, 4) is 5.75 Å². The summed E-state index contributed by atoms with van der Waals surface area (Å²) in [6.45, 7) is 2.00. The molecule has 0 aliphatic carbocycles. The standard InChI is InChI=1S/C9H9NO2/c1-6-2-3-8-7(4-6)10-9(5-11)12-8/h2-5,9-10H,1H3. The fraction of sp³-hybridized carbons (Fsp3) is 0.222. The summed E-state index contributed by atoms with van der Waals surface area (Å²) in [5.74, 6) is 0.748. The summed E-state index contributed by atoms with van der Waals surface area (Å²) >= 11 is 0. The Morgan fingerprint density at radius 2 is 2.42 bits per heavy atom. The third kappa shape index (κ3) is 1.03. The molecule has 1 heterocycles. The number of hydrogen-bond donors (Lipinski definition) is 1. The Kier molecular flexibility index (Phi) is 1.50. The molecule has 62 valence electrons. The quantitative estimate of drug-likeness (QED) is 0.634. The number of nitrogens with one attached hydrogen (secondary N) is 1. The minimum Gasteiger partial charge on any atom is -0.461 e. The molecule has 1 aromatic carbocycles. The number of ether oxygens (including phenoxy) is 1. The molecule has 2 rings (SSSR count). The number of aldehydes is 1. The summed E-state index contributed by atoms with van der Waals surface area (Å²) in [6.07, 6.45) is 0.233. The zero-order valence-corrected chi connectivity index (χ0v) is 6.70. The average molecular weight is 163 g/mol. The van der Waals surface area contributed by atoms with Gasteiger partial charge in [0.2, 0.25) is 6.23 Å². The predicted octanol–water partition coefficient (Wildman–Crippen LogP) is 1.32. The van der Waals surface area contributed by atoms with Crippen molar-refractivity contribution in [1.29, 1.82) is 0 Å². The minimum absolute atomic E-state index is 0.512. The van der Waals surface area contributed by atoms with E-state index in [1.165, 1.54) is 0 Å². The molecule has 3 nitrogen and oxygen atoms in total. The lowest BCUT2D eigenvalue weighted by Gasteiger charge is -1.99. The van der Waals surface area contributed by atoms with Gasteiger partial charge < -0.3 is 10.1 Å². The molecule has 0 aromatic heterocycles. The maximum atomic E-state index is 10.4. The van der Waals surface area contributed by atoms with Crippen molar-refractivity contribution in [2.45, 2.75) is 13.2 Å². The van der Waals surface area contributed by atoms with Crippen LogP contribution in [0.5, 0.6) is 5.75 Å². The number of carbonyl (C=O) groups excluding carboxylic acids is 1. The van der Waals surface area contributed by atoms with Crippen LogP contribution < -0.4 is 10.1 Å². The van der Waals surface area contributed by atoms with Gasteiger partial charge in [-0.2, -0.15) is 0 Å². The Bertz CT molecular complexity index is 322. The molecule has 0 fully saturated rings. The number of anilines is 1. The van der Waals surface area contributed by atoms with Crippen molar-refractivity contribution < 1.29 is 9.53 Å². The van der Waals surface area contributed by atoms with Gasteiger partial charge in [-0.25, -0.2) is 0 Å². The lowest BCUT2D eigenvalue weighted by molar-refractivity contribution is -0.112. The zero-order chi connectivity index (χ0) is 8.55. The first-order valence-corrected chi connectivity index (χ1v) is 3.79. The highest BCUT2D eigenvalue weighted by atomic mass is 16.5. The molecule has 1 N–H and O–H groups in total. The Balaban J connectivity index is 2.35. The van der Waals surface area contributed by atoms with Crippen LogP contribution >= 0.6 is 0 Å². The van der Waals surface area contributed by atoms with E-state index in [-0.39, 0.29) is 0 Å². The van der Waals surface area contributed by atoms with E-state index in [1.807, 2.05) is 25.1 Å². The molecule has 0 saturated heterocycles. The third-order valence-electron chi connectivity index (χ3n) is 1.81. The number of aryl methyl sites for hydroxylation is 1. The average Bonchev–Trinajstić information content (AvgIpc) is 2.46. The first-order valence-electron chi connectivity index (χ1n) is 3.79. The molecule has 0 saturated carbocycles. The lowest BCUT2D eigenvalue weighted by Crippen LogP contribution is -2.20. The second-order valence-electron chi connectivity index (χ2n) is 2.82. The number of rotatable bonds is 1. The van der Waals surface area contributed by atoms with Crippen LogP contribution in [0.2, 0.25) is 0 Å². The molecule has 1 atom stereocenters. The Hall–Kier alpha value is -1.51. The van der Waals surface area contributed by atoms with Gasteiger partial charge in [0.25, 0.3) is 0 Å². The third-order valence-corrected chi connectivity index (χ3v) is 1.81. The maximum Gasteiger partial charge on any atom is 0.226 e. The highest BCUT2D eigenvalue weighted by Crippen LogP contribution is 2.31. The molecular weight excluding hydrogens is 154 g/mol. The van der Waals surface area contributed by atoms with E-state index >= 15 is 0 Å². The van der Waals surface area contributed by atoms with Crippen LogP contribution in [0.4, 0.5) is 5.69 Å². The number of benzene rings is 1. The Morgan fingerprint density at radius 1 is 1.58 bits per heavy atom. The van der Waals surface area contributed by atoms with E-state index in [4.69, 9.17) is 4.74 Å². The van der Waals surface area contributed by atoms with Crippen LogP contribution in [0.25, 0.3) is 0 Å². The molecule has 0 spiro atoms. The van der Waals surface area contributed by atoms with E-state index in [9.17, 15) is 4.79 Å². The second-order valence-corrected chi connectivity index (χ2v) is 2.82. The molecule has 1 aromatic rings. The van der Waals surface area contributed by atoms with Gasteiger partial charge in [-0.3, -0.25) is 4.79 Å². The van der Waals surface area contributed by atoms with E-state index in [2.05, 4.69) is 5.32 Å². The van der Waals surface area contributed by atoms with Crippen molar-refractivity contribution in [2.75, 3.05) is 5.32 Å². The number of hydrogen-bond acceptors (Lipinski definition) is 3. The molecule has 0 radical (unpaired) electrons. The van der Waals surface area contributed by atoms with Crippen molar-refractivity contribution in [2.24, 2.45) is 0 Å². The SMILES string of the molecule is Cc1ccc2c(c1)NC(C=O)O2. The van der Waals surface area contributed by atoms with Gasteiger partial charge in [-0.15, -0.1) is 0 Å². The maximum absolute atomic E-state index is 10.4. The van der Waals surface area contributed by atoms with E-state index in [0.717, 1.165) is 23.3 Å². The van der Waals surface area contributed by atoms with Crippen molar-refractivity contribution in [3.63, 3.8) is 0 Å². The van der Waals surface area contributed by atoms with Crippen LogP contribution in [-0.4, -0.2) is 12.5 Å². The first-order chi connectivity index (χ1) is 5.79. The van der Waals surface area contributed by atoms with Crippen molar-refractivity contribution >= 4 is 12.0 Å². The van der Waals surface area contributed by atoms with Gasteiger partial charge in [0, 0.05) is 0 Å². The van der Waals surface area contributed by atoms with Crippen molar-refractivity contribution in [3.05, 3.63) is 23.8 Å². The number of carbonyl (C=O) groups is 1. The highest BCUT2D eigenvalue weighted by molar-refractivity contribution is 5.71. The largest absolute Gasteiger partial charge is 0.461 e. The van der Waals surface area contributed by atoms with Crippen molar-refractivity contribution in [1.82, 2.24) is 0 Å². The molecule has 1 aliphatic heterocycles. The first kappa shape index (κ1) is 7.16. The summed E-state index contributed by atoms with van der Waals surface area (Å²) < 4.78 is 5.23. The fourth-order valence-electron chi connectivity index (χ4n) is 1.24. The summed E-state index contributed by atoms with van der Waals surface area (Å²) in [4.78, 5) is 10.4. The van der Waals surface area contributed by atoms with E-state index in [1.54, 1.807) is 0 Å². The van der Waals surface area contributed by atoms with Gasteiger partial charge in [-0.05, 0) is 24.6 Å². The summed E-state index contributed by atoms with van der Waals surface area (Å²) in [7, 11) is 0. The Labute approximate surface area is 70.3 Å². The Morgan fingerprint density at radius 3 is 3.17 bits per heavy atom. The summed E-state index contributed by atoms with van der Waals surface area (Å²) in [5.41, 5.74) is 2.04. The minimum atomic E-state index is -0.512. The summed E-state index contributed by atoms with van der Waals surface area (Å²) in [6, 6.07) is 5.77. The number of fused-ring (bicyclic) bond motifs is 1. The van der Waals surface area contributed by atoms with Crippen LogP contribution in [0.15, 0.2) is 18.2 Å². The van der Waals surface area contributed by atoms with E-state index in [0.29, 0.717) is 0 Å². The molecule has 12 heavy (non-hydrogen) atoms. The van der Waals surface area contributed by atoms with Gasteiger partial charge in [0.05, 0.1) is 5.69 Å². The molecule has 0 amide bonds. The van der Waals surface area contributed by atoms with Gasteiger partial charge >= 0.3 is 0 Å². The zero-order valence-electron chi connectivity index (χ0n) is 6.70. The summed E-state index contributed by atoms with van der Waals surface area (Å²) in [5, 5.41) is 2.93. The molecule has 1 aliphatic rings. The molecular formula is C9H9NO2. The lowest BCUT2D eigenvalue weighted by atomic mass is 10.2. The monoisotopic (exact) mass is 163 g/mol. The second kappa shape index (κ2) is 2.52. The molecule has 1 unspecified atom stereocenters. The predicted molar refractivity (Wildman–Crippen MR) is 45.3 cm³/mol. The molecule has 3 heteroatoms. The highest BCUT2D eigenvalue weighted by Gasteiger charge is 2.19. The van der Waals surface area contributed by atoms with Crippen LogP contribution in [0, 0.1) is 6.92 Å². The van der Waals surface area contributed by atoms with E-state index < -0.39 is 6.23 Å². The fourth-order valence-corrected chi connectivity index (χ4v) is 1.24. The van der Waals surface area contributed by atoms with Crippen LogP contribution in [0.1, 0.15) is 5.56 Å². The van der Waals surface area contributed by atoms with Gasteiger partial charge in [-0.1, -0.05) is 6.07 Å². The van der Waals surface area contributed by atoms with Gasteiger partial charge in [0.1, 0.15) is 5.75 Å². The van der Waals surface area contributed by atoms with Crippen LogP contribution in [0.3, 0.4) is 0 Å². The topological polar surface area (TPSA) is 38.3 Å². The smallest absolute Gasteiger partial charge is 0.226 e. The van der Waals surface area contributed by atoms with Gasteiger partial charge in [0.15, 0.2) is 6.29 Å². The molecule has 0 bridgehead atoms. The normalized spacial score (nSPS) is 19.2.